The van der Waals surface area contributed by atoms with Gasteiger partial charge in [0.15, 0.2) is 5.96 Å². The Morgan fingerprint density at radius 1 is 1.14 bits per heavy atom. The normalized spacial score (nSPS) is 12.2. The van der Waals surface area contributed by atoms with Crippen molar-refractivity contribution in [1.29, 1.82) is 0 Å². The molecule has 0 aromatic rings. The van der Waals surface area contributed by atoms with Crippen LogP contribution in [0.1, 0.15) is 46.5 Å². The summed E-state index contributed by atoms with van der Waals surface area (Å²) in [4.78, 5) is 7.03. The number of thioether (sulfide) groups is 1. The zero-order valence-corrected chi connectivity index (χ0v) is 15.6. The molecule has 0 aliphatic carbocycles. The monoisotopic (exact) mass is 316 g/mol. The van der Waals surface area contributed by atoms with Gasteiger partial charge < -0.3 is 15.5 Å². The number of hydrogen-bond acceptors (Lipinski definition) is 3. The van der Waals surface area contributed by atoms with Crippen LogP contribution in [0.3, 0.4) is 0 Å². The van der Waals surface area contributed by atoms with E-state index in [0.717, 1.165) is 38.6 Å². The molecule has 0 atom stereocenters. The predicted molar refractivity (Wildman–Crippen MR) is 98.6 cm³/mol. The van der Waals surface area contributed by atoms with Crippen LogP contribution in [0, 0.1) is 0 Å². The van der Waals surface area contributed by atoms with Crippen LogP contribution < -0.4 is 10.6 Å². The molecular weight excluding hydrogens is 280 g/mol. The highest BCUT2D eigenvalue weighted by atomic mass is 32.2. The molecule has 0 heterocycles. The number of guanidine groups is 1. The summed E-state index contributed by atoms with van der Waals surface area (Å²) in [5.74, 6) is 2.22. The average molecular weight is 317 g/mol. The van der Waals surface area contributed by atoms with Crippen molar-refractivity contribution in [2.24, 2.45) is 4.99 Å². The maximum absolute atomic E-state index is 4.64. The van der Waals surface area contributed by atoms with Crippen molar-refractivity contribution in [2.75, 3.05) is 45.2 Å². The zero-order chi connectivity index (χ0) is 15.9. The second-order valence-electron chi connectivity index (χ2n) is 5.67. The molecule has 0 aliphatic heterocycles. The van der Waals surface area contributed by atoms with Crippen molar-refractivity contribution in [3.63, 3.8) is 0 Å². The second kappa shape index (κ2) is 14.5. The van der Waals surface area contributed by atoms with E-state index in [-0.39, 0.29) is 0 Å². The third kappa shape index (κ3) is 13.0. The molecule has 5 heteroatoms. The van der Waals surface area contributed by atoms with E-state index >= 15 is 0 Å². The highest BCUT2D eigenvalue weighted by Gasteiger charge is 2.02. The molecular formula is C16H36N4S. The Hall–Kier alpha value is -0.420. The minimum atomic E-state index is 0.633. The third-order valence-electron chi connectivity index (χ3n) is 3.48. The minimum absolute atomic E-state index is 0.633. The van der Waals surface area contributed by atoms with Crippen molar-refractivity contribution in [1.82, 2.24) is 15.5 Å². The van der Waals surface area contributed by atoms with Crippen LogP contribution in [-0.4, -0.2) is 62.1 Å². The van der Waals surface area contributed by atoms with Gasteiger partial charge in [0.2, 0.25) is 0 Å². The topological polar surface area (TPSA) is 39.7 Å². The van der Waals surface area contributed by atoms with Crippen LogP contribution in [0.25, 0.3) is 0 Å². The lowest BCUT2D eigenvalue weighted by Crippen LogP contribution is -2.38. The van der Waals surface area contributed by atoms with E-state index in [0.29, 0.717) is 6.04 Å². The van der Waals surface area contributed by atoms with Gasteiger partial charge in [-0.15, -0.1) is 0 Å². The molecule has 2 N–H and O–H groups in total. The first-order valence-corrected chi connectivity index (χ1v) is 9.72. The molecule has 21 heavy (non-hydrogen) atoms. The van der Waals surface area contributed by atoms with Gasteiger partial charge in [-0.05, 0) is 72.1 Å². The lowest BCUT2D eigenvalue weighted by molar-refractivity contribution is 0.269. The molecule has 0 aliphatic rings. The van der Waals surface area contributed by atoms with Gasteiger partial charge in [-0.2, -0.15) is 11.8 Å². The van der Waals surface area contributed by atoms with E-state index in [1.807, 2.05) is 11.8 Å². The fourth-order valence-corrected chi connectivity index (χ4v) is 2.33. The molecule has 0 saturated carbocycles. The van der Waals surface area contributed by atoms with E-state index in [2.05, 4.69) is 54.6 Å². The first kappa shape index (κ1) is 20.6. The quantitative estimate of drug-likeness (QED) is 0.330. The largest absolute Gasteiger partial charge is 0.357 e. The standard InChI is InChI=1S/C16H36N4S/c1-6-17-16(19-12-8-10-14-21-5)18-11-7-9-13-20(4)15(2)3/h15H,6-14H2,1-5H3,(H2,17,18,19). The van der Waals surface area contributed by atoms with Crippen molar-refractivity contribution in [2.45, 2.75) is 52.5 Å². The van der Waals surface area contributed by atoms with Gasteiger partial charge >= 0.3 is 0 Å². The molecule has 0 fully saturated rings. The van der Waals surface area contributed by atoms with E-state index in [9.17, 15) is 0 Å². The zero-order valence-electron chi connectivity index (χ0n) is 14.7. The van der Waals surface area contributed by atoms with E-state index in [1.54, 1.807) is 0 Å². The molecule has 4 nitrogen and oxygen atoms in total. The Kier molecular flexibility index (Phi) is 14.2. The summed E-state index contributed by atoms with van der Waals surface area (Å²) in [6.45, 7) is 10.6. The number of aliphatic imine (C=N–C) groups is 1. The summed E-state index contributed by atoms with van der Waals surface area (Å²) in [6.07, 6.45) is 7.01. The fourth-order valence-electron chi connectivity index (χ4n) is 1.84. The molecule has 0 unspecified atom stereocenters. The Bertz CT molecular complexity index is 257. The minimum Gasteiger partial charge on any atom is -0.357 e. The van der Waals surface area contributed by atoms with Crippen LogP contribution >= 0.6 is 11.8 Å². The summed E-state index contributed by atoms with van der Waals surface area (Å²) in [7, 11) is 2.19. The molecule has 0 spiro atoms. The molecule has 0 aromatic heterocycles. The van der Waals surface area contributed by atoms with Crippen LogP contribution in [-0.2, 0) is 0 Å². The maximum Gasteiger partial charge on any atom is 0.191 e. The number of nitrogens with zero attached hydrogens (tertiary/aromatic N) is 2. The van der Waals surface area contributed by atoms with Crippen LogP contribution in [0.15, 0.2) is 4.99 Å². The third-order valence-corrected chi connectivity index (χ3v) is 4.18. The number of hydrogen-bond donors (Lipinski definition) is 2. The molecule has 126 valence electrons. The summed E-state index contributed by atoms with van der Waals surface area (Å²) in [5, 5.41) is 6.73. The number of unbranched alkanes of at least 4 members (excludes halogenated alkanes) is 2. The van der Waals surface area contributed by atoms with Gasteiger partial charge in [0, 0.05) is 25.7 Å². The van der Waals surface area contributed by atoms with E-state index in [4.69, 9.17) is 0 Å². The van der Waals surface area contributed by atoms with Crippen molar-refractivity contribution >= 4 is 17.7 Å². The predicted octanol–water partition coefficient (Wildman–Crippen LogP) is 2.81. The maximum atomic E-state index is 4.64. The van der Waals surface area contributed by atoms with Gasteiger partial charge in [-0.1, -0.05) is 0 Å². The first-order chi connectivity index (χ1) is 10.1. The van der Waals surface area contributed by atoms with E-state index < -0.39 is 0 Å². The van der Waals surface area contributed by atoms with Crippen LogP contribution in [0.5, 0.6) is 0 Å². The van der Waals surface area contributed by atoms with Gasteiger partial charge in [-0.25, -0.2) is 0 Å². The average Bonchev–Trinajstić information content (AvgIpc) is 2.46. The summed E-state index contributed by atoms with van der Waals surface area (Å²) < 4.78 is 0. The van der Waals surface area contributed by atoms with Gasteiger partial charge in [0.25, 0.3) is 0 Å². The Morgan fingerprint density at radius 3 is 2.52 bits per heavy atom. The molecule has 0 saturated heterocycles. The molecule has 0 rings (SSSR count). The highest BCUT2D eigenvalue weighted by Crippen LogP contribution is 1.99. The van der Waals surface area contributed by atoms with Gasteiger partial charge in [0.1, 0.15) is 0 Å². The molecule has 0 aromatic carbocycles. The Morgan fingerprint density at radius 2 is 1.90 bits per heavy atom. The summed E-state index contributed by atoms with van der Waals surface area (Å²) in [5.41, 5.74) is 0. The fraction of sp³-hybridized carbons (Fsp3) is 0.938. The highest BCUT2D eigenvalue weighted by molar-refractivity contribution is 7.98. The lowest BCUT2D eigenvalue weighted by atomic mass is 10.2. The summed E-state index contributed by atoms with van der Waals surface area (Å²) in [6, 6.07) is 0.633. The smallest absolute Gasteiger partial charge is 0.191 e. The van der Waals surface area contributed by atoms with Crippen molar-refractivity contribution in [3.05, 3.63) is 0 Å². The summed E-state index contributed by atoms with van der Waals surface area (Å²) >= 11 is 1.92. The number of nitrogens with one attached hydrogen (secondary N) is 2. The molecule has 0 radical (unpaired) electrons. The Balaban J connectivity index is 3.78. The SMILES string of the molecule is CCNC(=NCCCCN(C)C(C)C)NCCCCSC. The first-order valence-electron chi connectivity index (χ1n) is 8.33. The molecule has 0 bridgehead atoms. The Labute approximate surface area is 136 Å². The van der Waals surface area contributed by atoms with Crippen molar-refractivity contribution < 1.29 is 0 Å². The van der Waals surface area contributed by atoms with Gasteiger partial charge in [0.05, 0.1) is 0 Å². The van der Waals surface area contributed by atoms with Crippen LogP contribution in [0.2, 0.25) is 0 Å². The molecule has 0 amide bonds. The van der Waals surface area contributed by atoms with E-state index in [1.165, 1.54) is 25.0 Å². The van der Waals surface area contributed by atoms with Crippen LogP contribution in [0.4, 0.5) is 0 Å². The second-order valence-corrected chi connectivity index (χ2v) is 6.65. The van der Waals surface area contributed by atoms with Gasteiger partial charge in [-0.3, -0.25) is 4.99 Å². The number of rotatable bonds is 12. The van der Waals surface area contributed by atoms with Crippen molar-refractivity contribution in [3.8, 4) is 0 Å². The lowest BCUT2D eigenvalue weighted by Gasteiger charge is -2.20.